The number of rotatable bonds is 57. The number of unbranched alkanes of at least 4 members (excludes halogenated alkanes) is 28. The Morgan fingerprint density at radius 1 is 0.382 bits per heavy atom. The third-order valence-electron chi connectivity index (χ3n) is 13.1. The quantitative estimate of drug-likeness (QED) is 0.0197. The predicted octanol–water partition coefficient (Wildman–Crippen LogP) is 18.5. The van der Waals surface area contributed by atoms with E-state index in [9.17, 15) is 28.9 Å². The summed E-state index contributed by atoms with van der Waals surface area (Å²) in [4.78, 5) is 48.6. The fraction of sp³-hybridized carbons (Fsp3) is 0.766. The molecular formula is C64H113O11P. The maximum atomic E-state index is 12.9. The van der Waals surface area contributed by atoms with Crippen molar-refractivity contribution in [2.24, 2.45) is 0 Å². The van der Waals surface area contributed by atoms with E-state index in [0.717, 1.165) is 89.9 Å². The molecule has 12 heteroatoms. The first-order chi connectivity index (χ1) is 37.2. The van der Waals surface area contributed by atoms with E-state index >= 15 is 0 Å². The first kappa shape index (κ1) is 72.9. The summed E-state index contributed by atoms with van der Waals surface area (Å²) in [5.41, 5.74) is 0. The summed E-state index contributed by atoms with van der Waals surface area (Å²) in [6.07, 6.45) is 65.7. The van der Waals surface area contributed by atoms with Crippen molar-refractivity contribution in [1.29, 1.82) is 0 Å². The van der Waals surface area contributed by atoms with Crippen LogP contribution in [0.5, 0.6) is 0 Å². The van der Waals surface area contributed by atoms with E-state index in [1.165, 1.54) is 128 Å². The Bertz CT molecular complexity index is 1550. The average Bonchev–Trinajstić information content (AvgIpc) is 3.41. The minimum atomic E-state index is -4.76. The van der Waals surface area contributed by atoms with Crippen LogP contribution >= 0.6 is 7.82 Å². The van der Waals surface area contributed by atoms with Crippen LogP contribution in [0.25, 0.3) is 0 Å². The Morgan fingerprint density at radius 3 is 1.08 bits per heavy atom. The van der Waals surface area contributed by atoms with Gasteiger partial charge in [-0.15, -0.1) is 0 Å². The summed E-state index contributed by atoms with van der Waals surface area (Å²) in [6.45, 7) is 4.51. The number of aliphatic hydroxyl groups excluding tert-OH is 1. The Kier molecular flexibility index (Phi) is 55.7. The average molecular weight is 1090 g/mol. The summed E-state index contributed by atoms with van der Waals surface area (Å²) in [7, 11) is -4.76. The molecule has 0 fully saturated rings. The number of phosphoric acid groups is 1. The van der Waals surface area contributed by atoms with Crippen molar-refractivity contribution >= 4 is 25.7 Å². The lowest BCUT2D eigenvalue weighted by Crippen LogP contribution is -2.30. The highest BCUT2D eigenvalue weighted by atomic mass is 31.2. The number of carbonyl (C=O) groups is 3. The van der Waals surface area contributed by atoms with Gasteiger partial charge in [0.05, 0.1) is 19.8 Å². The van der Waals surface area contributed by atoms with Crippen LogP contribution in [0, 0.1) is 0 Å². The van der Waals surface area contributed by atoms with E-state index in [0.29, 0.717) is 19.3 Å². The van der Waals surface area contributed by atoms with E-state index in [-0.39, 0.29) is 25.9 Å². The molecule has 0 bridgehead atoms. The fourth-order valence-corrected chi connectivity index (χ4v) is 9.22. The van der Waals surface area contributed by atoms with Crippen molar-refractivity contribution in [2.75, 3.05) is 26.4 Å². The minimum Gasteiger partial charge on any atom is -0.462 e. The number of ether oxygens (including phenoxy) is 3. The number of esters is 3. The Labute approximate surface area is 465 Å². The molecule has 11 nitrogen and oxygen atoms in total. The van der Waals surface area contributed by atoms with Crippen LogP contribution in [0.15, 0.2) is 72.9 Å². The van der Waals surface area contributed by atoms with Gasteiger partial charge in [-0.25, -0.2) is 4.57 Å². The molecule has 0 amide bonds. The normalized spacial score (nSPS) is 13.8. The van der Waals surface area contributed by atoms with Crippen LogP contribution in [0.4, 0.5) is 0 Å². The van der Waals surface area contributed by atoms with Crippen LogP contribution in [0.2, 0.25) is 0 Å². The van der Waals surface area contributed by atoms with Crippen molar-refractivity contribution in [2.45, 2.75) is 290 Å². The summed E-state index contributed by atoms with van der Waals surface area (Å²) in [6, 6.07) is 0. The van der Waals surface area contributed by atoms with Crippen LogP contribution in [0.1, 0.15) is 278 Å². The number of aliphatic hydroxyl groups is 1. The highest BCUT2D eigenvalue weighted by molar-refractivity contribution is 7.47. The van der Waals surface area contributed by atoms with E-state index in [1.807, 2.05) is 0 Å². The molecule has 0 saturated heterocycles. The molecule has 440 valence electrons. The zero-order valence-electron chi connectivity index (χ0n) is 48.7. The molecule has 0 aromatic heterocycles. The molecule has 0 aliphatic rings. The topological polar surface area (TPSA) is 155 Å². The highest BCUT2D eigenvalue weighted by Crippen LogP contribution is 2.43. The van der Waals surface area contributed by atoms with Gasteiger partial charge in [-0.05, 0) is 89.9 Å². The predicted molar refractivity (Wildman–Crippen MR) is 316 cm³/mol. The van der Waals surface area contributed by atoms with Gasteiger partial charge in [0.1, 0.15) is 12.7 Å². The van der Waals surface area contributed by atoms with Crippen LogP contribution < -0.4 is 0 Å². The second-order valence-corrected chi connectivity index (χ2v) is 21.9. The molecular weight excluding hydrogens is 976 g/mol. The lowest BCUT2D eigenvalue weighted by Gasteiger charge is -2.21. The first-order valence-electron chi connectivity index (χ1n) is 30.8. The van der Waals surface area contributed by atoms with E-state index in [2.05, 4.69) is 93.7 Å². The summed E-state index contributed by atoms with van der Waals surface area (Å²) in [5.74, 6) is -1.50. The maximum Gasteiger partial charge on any atom is 0.472 e. The second-order valence-electron chi connectivity index (χ2n) is 20.5. The molecule has 2 N–H and O–H groups in total. The zero-order chi connectivity index (χ0) is 55.5. The molecule has 0 aliphatic heterocycles. The number of phosphoric ester groups is 1. The van der Waals surface area contributed by atoms with E-state index in [4.69, 9.17) is 23.3 Å². The number of hydrogen-bond donors (Lipinski definition) is 2. The van der Waals surface area contributed by atoms with Crippen molar-refractivity contribution < 1.29 is 52.2 Å². The third-order valence-corrected chi connectivity index (χ3v) is 14.1. The molecule has 0 rings (SSSR count). The summed E-state index contributed by atoms with van der Waals surface area (Å²) in [5, 5.41) is 9.81. The third kappa shape index (κ3) is 55.7. The van der Waals surface area contributed by atoms with Crippen LogP contribution in [-0.4, -0.2) is 66.5 Å². The Hall–Kier alpha value is -3.08. The van der Waals surface area contributed by atoms with Gasteiger partial charge < -0.3 is 24.2 Å². The molecule has 3 atom stereocenters. The first-order valence-corrected chi connectivity index (χ1v) is 32.3. The summed E-state index contributed by atoms with van der Waals surface area (Å²) >= 11 is 0. The standard InChI is InChI=1S/C64H113O11P/c1-4-7-10-13-16-19-22-24-26-28-30-32-34-36-39-41-44-47-50-53-62(66)71-57-61(75-64(68)55-52-49-46-43-40-37-35-33-31-29-27-25-23-20-17-14-11-8-5-2)59-73-76(69,70)72-58-60(56-65)74-63(67)54-51-48-45-42-38-21-18-15-12-9-6-3/h8,11,17,20,24-27,31,33,37,40,60-61,65H,4-7,9-10,12-16,18-19,21-23,28-30,32,34-36,38-39,41-59H2,1-3H3,(H,69,70)/b11-8-,20-17-,26-24-,27-25-,33-31-,40-37-. The fourth-order valence-electron chi connectivity index (χ4n) is 8.44. The van der Waals surface area contributed by atoms with Gasteiger partial charge >= 0.3 is 25.7 Å². The molecule has 0 aliphatic carbocycles. The zero-order valence-corrected chi connectivity index (χ0v) is 49.6. The molecule has 0 aromatic carbocycles. The molecule has 0 saturated carbocycles. The SMILES string of the molecule is CC/C=C\C/C=C\C/C=C\C/C=C\C/C=C\CCCCCC(=O)OC(COC(=O)CCCCCCCCCCC/C=C\CCCCCCCC)COP(=O)(O)OCC(CO)OC(=O)CCCCCCCCCCCCC. The monoisotopic (exact) mass is 1090 g/mol. The van der Waals surface area contributed by atoms with Crippen molar-refractivity contribution in [3.8, 4) is 0 Å². The van der Waals surface area contributed by atoms with Crippen LogP contribution in [0.3, 0.4) is 0 Å². The summed E-state index contributed by atoms with van der Waals surface area (Å²) < 4.78 is 39.6. The Morgan fingerprint density at radius 2 is 0.684 bits per heavy atom. The van der Waals surface area contributed by atoms with Crippen molar-refractivity contribution in [3.63, 3.8) is 0 Å². The van der Waals surface area contributed by atoms with E-state index in [1.54, 1.807) is 0 Å². The Balaban J connectivity index is 4.76. The largest absolute Gasteiger partial charge is 0.472 e. The van der Waals surface area contributed by atoms with Crippen molar-refractivity contribution in [1.82, 2.24) is 0 Å². The van der Waals surface area contributed by atoms with Gasteiger partial charge in [0.15, 0.2) is 6.10 Å². The van der Waals surface area contributed by atoms with Gasteiger partial charge in [-0.1, -0.05) is 241 Å². The molecule has 0 heterocycles. The molecule has 0 aromatic rings. The number of allylic oxidation sites excluding steroid dienone is 12. The highest BCUT2D eigenvalue weighted by Gasteiger charge is 2.28. The van der Waals surface area contributed by atoms with Crippen molar-refractivity contribution in [3.05, 3.63) is 72.9 Å². The van der Waals surface area contributed by atoms with Gasteiger partial charge in [-0.2, -0.15) is 0 Å². The van der Waals surface area contributed by atoms with Crippen LogP contribution in [-0.2, 0) is 42.2 Å². The molecule has 76 heavy (non-hydrogen) atoms. The number of carbonyl (C=O) groups excluding carboxylic acids is 3. The lowest BCUT2D eigenvalue weighted by atomic mass is 10.1. The van der Waals surface area contributed by atoms with Gasteiger partial charge in [-0.3, -0.25) is 23.4 Å². The van der Waals surface area contributed by atoms with Gasteiger partial charge in [0, 0.05) is 19.3 Å². The minimum absolute atomic E-state index is 0.128. The van der Waals surface area contributed by atoms with Gasteiger partial charge in [0.2, 0.25) is 0 Å². The smallest absolute Gasteiger partial charge is 0.462 e. The molecule has 0 radical (unpaired) electrons. The molecule has 3 unspecified atom stereocenters. The van der Waals surface area contributed by atoms with Gasteiger partial charge in [0.25, 0.3) is 0 Å². The lowest BCUT2D eigenvalue weighted by molar-refractivity contribution is -0.161. The number of hydrogen-bond acceptors (Lipinski definition) is 10. The molecule has 0 spiro atoms. The van der Waals surface area contributed by atoms with E-state index < -0.39 is 57.8 Å². The maximum absolute atomic E-state index is 12.9. The second kappa shape index (κ2) is 58.1.